The summed E-state index contributed by atoms with van der Waals surface area (Å²) in [4.78, 5) is 10.8. The molecule has 1 aliphatic heterocycles. The average Bonchev–Trinajstić information content (AvgIpc) is 3.39. The van der Waals surface area contributed by atoms with E-state index < -0.39 is 8.07 Å². The molecule has 0 amide bonds. The minimum Gasteiger partial charge on any atom is -0.237 e. The average molecular weight is 643 g/mol. The van der Waals surface area contributed by atoms with Gasteiger partial charge in [-0.15, -0.1) is 0 Å². The van der Waals surface area contributed by atoms with Gasteiger partial charge >= 0.3 is 0 Å². The standard InChI is InChI=1S/C46H34N2Si/c1-49(2)42-30-39-18-10-9-17-38(39)29-41(42)43-44(34-15-7-4-8-16-34)47-45(48-46(43)49)40-22-12-21-37(28-40)36-20-11-19-35(27-36)33-25-23-32(24-26-33)31-13-5-3-6-14-31/h3-30H,1-2H3. The van der Waals surface area contributed by atoms with E-state index in [0.717, 1.165) is 28.2 Å². The highest BCUT2D eigenvalue weighted by atomic mass is 28.3. The summed E-state index contributed by atoms with van der Waals surface area (Å²) < 4.78 is 0. The van der Waals surface area contributed by atoms with Crippen LogP contribution in [0.4, 0.5) is 0 Å². The van der Waals surface area contributed by atoms with Crippen molar-refractivity contribution in [1.29, 1.82) is 0 Å². The number of rotatable bonds is 5. The molecule has 1 aliphatic rings. The molecule has 0 atom stereocenters. The topological polar surface area (TPSA) is 25.8 Å². The fraction of sp³-hybridized carbons (Fsp3) is 0.0435. The second-order valence-electron chi connectivity index (χ2n) is 13.5. The van der Waals surface area contributed by atoms with Crippen molar-refractivity contribution >= 4 is 29.4 Å². The minimum absolute atomic E-state index is 0.782. The molecule has 0 aliphatic carbocycles. The van der Waals surface area contributed by atoms with E-state index in [-0.39, 0.29) is 0 Å². The van der Waals surface area contributed by atoms with Crippen molar-refractivity contribution in [2.45, 2.75) is 13.1 Å². The molecule has 0 bridgehead atoms. The smallest absolute Gasteiger partial charge is 0.159 e. The summed E-state index contributed by atoms with van der Waals surface area (Å²) in [5, 5.41) is 5.19. The van der Waals surface area contributed by atoms with Gasteiger partial charge in [-0.3, -0.25) is 0 Å². The van der Waals surface area contributed by atoms with Gasteiger partial charge in [0.1, 0.15) is 8.07 Å². The number of nitrogens with zero attached hydrogens (tertiary/aromatic N) is 2. The van der Waals surface area contributed by atoms with Crippen molar-refractivity contribution in [2.75, 3.05) is 0 Å². The molecule has 7 aromatic carbocycles. The maximum atomic E-state index is 5.45. The third-order valence-electron chi connectivity index (χ3n) is 10.0. The van der Waals surface area contributed by atoms with Crippen LogP contribution in [0.5, 0.6) is 0 Å². The Hall–Kier alpha value is -5.90. The Balaban J connectivity index is 1.14. The second kappa shape index (κ2) is 11.7. The van der Waals surface area contributed by atoms with Crippen molar-refractivity contribution in [3.05, 3.63) is 170 Å². The monoisotopic (exact) mass is 642 g/mol. The van der Waals surface area contributed by atoms with Crippen molar-refractivity contribution in [3.8, 4) is 67.2 Å². The van der Waals surface area contributed by atoms with Gasteiger partial charge < -0.3 is 0 Å². The quantitative estimate of drug-likeness (QED) is 0.175. The summed E-state index contributed by atoms with van der Waals surface area (Å²) in [6.07, 6.45) is 0. The molecule has 0 saturated heterocycles. The third-order valence-corrected chi connectivity index (χ3v) is 13.3. The van der Waals surface area contributed by atoms with Gasteiger partial charge in [0.05, 0.1) is 5.69 Å². The molecule has 0 unspecified atom stereocenters. The van der Waals surface area contributed by atoms with E-state index in [2.05, 4.69) is 183 Å². The summed E-state index contributed by atoms with van der Waals surface area (Å²) >= 11 is 0. The Bertz CT molecular complexity index is 2500. The Morgan fingerprint density at radius 3 is 1.51 bits per heavy atom. The van der Waals surface area contributed by atoms with E-state index in [9.17, 15) is 0 Å². The third kappa shape index (κ3) is 5.11. The highest BCUT2D eigenvalue weighted by Crippen LogP contribution is 2.38. The lowest BCUT2D eigenvalue weighted by Gasteiger charge is -2.19. The van der Waals surface area contributed by atoms with Crippen LogP contribution >= 0.6 is 0 Å². The molecule has 0 spiro atoms. The van der Waals surface area contributed by atoms with E-state index in [1.807, 2.05) is 0 Å². The molecule has 9 rings (SSSR count). The lowest BCUT2D eigenvalue weighted by atomic mass is 9.96. The lowest BCUT2D eigenvalue weighted by Crippen LogP contribution is -2.51. The first-order chi connectivity index (χ1) is 24.0. The van der Waals surface area contributed by atoms with Crippen LogP contribution in [0.15, 0.2) is 170 Å². The van der Waals surface area contributed by atoms with Gasteiger partial charge in [-0.2, -0.15) is 0 Å². The Labute approximate surface area is 288 Å². The van der Waals surface area contributed by atoms with Gasteiger partial charge in [0.15, 0.2) is 5.82 Å². The highest BCUT2D eigenvalue weighted by Gasteiger charge is 2.42. The molecule has 2 nitrogen and oxygen atoms in total. The van der Waals surface area contributed by atoms with Crippen molar-refractivity contribution in [3.63, 3.8) is 0 Å². The highest BCUT2D eigenvalue weighted by molar-refractivity contribution is 7.03. The molecule has 8 aromatic rings. The zero-order valence-electron chi connectivity index (χ0n) is 27.6. The minimum atomic E-state index is -2.13. The first-order valence-corrected chi connectivity index (χ1v) is 19.9. The first-order valence-electron chi connectivity index (χ1n) is 16.9. The molecule has 1 aromatic heterocycles. The summed E-state index contributed by atoms with van der Waals surface area (Å²) in [7, 11) is -2.13. The molecule has 2 heterocycles. The predicted octanol–water partition coefficient (Wildman–Crippen LogP) is 10.8. The number of benzene rings is 7. The maximum absolute atomic E-state index is 5.45. The molecule has 3 heteroatoms. The van der Waals surface area contributed by atoms with Crippen LogP contribution in [-0.4, -0.2) is 18.0 Å². The SMILES string of the molecule is C[Si]1(C)c2cc3ccccc3cc2-c2c(-c3ccccc3)nc(-c3cccc(-c4cccc(-c5ccc(-c6ccccc6)cc5)c4)c3)nc21. The fourth-order valence-electron chi connectivity index (χ4n) is 7.40. The van der Waals surface area contributed by atoms with Crippen LogP contribution in [-0.2, 0) is 0 Å². The van der Waals surface area contributed by atoms with E-state index in [0.29, 0.717) is 0 Å². The molecule has 0 radical (unpaired) electrons. The zero-order chi connectivity index (χ0) is 33.0. The number of fused-ring (bicyclic) bond motifs is 4. The van der Waals surface area contributed by atoms with Gasteiger partial charge in [0.25, 0.3) is 0 Å². The Kier molecular flexibility index (Phi) is 6.96. The van der Waals surface area contributed by atoms with Crippen molar-refractivity contribution in [1.82, 2.24) is 9.97 Å². The lowest BCUT2D eigenvalue weighted by molar-refractivity contribution is 1.21. The van der Waals surface area contributed by atoms with Crippen LogP contribution in [0, 0.1) is 0 Å². The van der Waals surface area contributed by atoms with Crippen molar-refractivity contribution < 1.29 is 0 Å². The molecule has 232 valence electrons. The van der Waals surface area contributed by atoms with Gasteiger partial charge in [-0.25, -0.2) is 9.97 Å². The van der Waals surface area contributed by atoms with Crippen LogP contribution in [0.2, 0.25) is 13.1 Å². The molecular weight excluding hydrogens is 609 g/mol. The summed E-state index contributed by atoms with van der Waals surface area (Å²) in [6.45, 7) is 4.87. The van der Waals surface area contributed by atoms with Crippen LogP contribution < -0.4 is 10.5 Å². The Morgan fingerprint density at radius 2 is 0.857 bits per heavy atom. The van der Waals surface area contributed by atoms with Crippen LogP contribution in [0.3, 0.4) is 0 Å². The van der Waals surface area contributed by atoms with Gasteiger partial charge in [-0.1, -0.05) is 165 Å². The Morgan fingerprint density at radius 1 is 0.388 bits per heavy atom. The first kappa shape index (κ1) is 29.3. The normalized spacial score (nSPS) is 12.9. The number of hydrogen-bond donors (Lipinski definition) is 0. The molecule has 0 saturated carbocycles. The molecular formula is C46H34N2Si. The zero-order valence-corrected chi connectivity index (χ0v) is 28.6. The van der Waals surface area contributed by atoms with Crippen molar-refractivity contribution in [2.24, 2.45) is 0 Å². The maximum Gasteiger partial charge on any atom is 0.159 e. The number of hydrogen-bond acceptors (Lipinski definition) is 2. The van der Waals surface area contributed by atoms with Gasteiger partial charge in [-0.05, 0) is 73.1 Å². The summed E-state index contributed by atoms with van der Waals surface area (Å²) in [5.41, 5.74) is 12.8. The predicted molar refractivity (Wildman–Crippen MR) is 209 cm³/mol. The number of aromatic nitrogens is 2. The summed E-state index contributed by atoms with van der Waals surface area (Å²) in [5.74, 6) is 0.782. The summed E-state index contributed by atoms with van der Waals surface area (Å²) in [6, 6.07) is 61.0. The molecule has 49 heavy (non-hydrogen) atoms. The van der Waals surface area contributed by atoms with Gasteiger partial charge in [0.2, 0.25) is 0 Å². The van der Waals surface area contributed by atoms with E-state index in [4.69, 9.17) is 9.97 Å². The fourth-order valence-corrected chi connectivity index (χ4v) is 10.3. The molecule has 0 fully saturated rings. The van der Waals surface area contributed by atoms with Crippen LogP contribution in [0.25, 0.3) is 77.9 Å². The van der Waals surface area contributed by atoms with Crippen LogP contribution in [0.1, 0.15) is 0 Å². The van der Waals surface area contributed by atoms with E-state index in [1.54, 1.807) is 0 Å². The largest absolute Gasteiger partial charge is 0.237 e. The molecule has 0 N–H and O–H groups in total. The second-order valence-corrected chi connectivity index (χ2v) is 17.7. The van der Waals surface area contributed by atoms with E-state index >= 15 is 0 Å². The van der Waals surface area contributed by atoms with Gasteiger partial charge in [0, 0.05) is 22.0 Å². The van der Waals surface area contributed by atoms with E-state index in [1.165, 1.54) is 60.2 Å².